The van der Waals surface area contributed by atoms with Gasteiger partial charge < -0.3 is 10.2 Å². The van der Waals surface area contributed by atoms with Gasteiger partial charge in [0, 0.05) is 24.8 Å². The second-order valence-corrected chi connectivity index (χ2v) is 6.93. The SMILES string of the molecule is CN1CC2CC23CC(Nc2ncc(C(F)(F)F)cc2Cl)C13. The average Bonchev–Trinajstić information content (AvgIpc) is 2.99. The number of halogens is 4. The van der Waals surface area contributed by atoms with Crippen LogP contribution in [0.2, 0.25) is 5.02 Å². The van der Waals surface area contributed by atoms with Crippen LogP contribution in [0.15, 0.2) is 12.3 Å². The summed E-state index contributed by atoms with van der Waals surface area (Å²) in [6, 6.07) is 1.62. The first-order valence-corrected chi connectivity index (χ1v) is 7.38. The Morgan fingerprint density at radius 1 is 1.43 bits per heavy atom. The number of anilines is 1. The third-order valence-corrected chi connectivity index (χ3v) is 5.61. The van der Waals surface area contributed by atoms with Crippen LogP contribution in [0.4, 0.5) is 19.0 Å². The summed E-state index contributed by atoms with van der Waals surface area (Å²) < 4.78 is 37.8. The van der Waals surface area contributed by atoms with Gasteiger partial charge in [-0.3, -0.25) is 0 Å². The van der Waals surface area contributed by atoms with Crippen molar-refractivity contribution in [2.75, 3.05) is 18.9 Å². The summed E-state index contributed by atoms with van der Waals surface area (Å²) in [4.78, 5) is 6.20. The molecule has 3 aliphatic rings. The number of rotatable bonds is 2. The number of nitrogens with zero attached hydrogens (tertiary/aromatic N) is 2. The van der Waals surface area contributed by atoms with E-state index in [-0.39, 0.29) is 11.1 Å². The molecule has 4 unspecified atom stereocenters. The molecule has 1 N–H and O–H groups in total. The van der Waals surface area contributed by atoms with E-state index in [1.807, 2.05) is 0 Å². The minimum atomic E-state index is -4.41. The average molecular weight is 318 g/mol. The fraction of sp³-hybridized carbons (Fsp3) is 0.643. The number of piperidine rings is 1. The highest BCUT2D eigenvalue weighted by Gasteiger charge is 2.73. The molecule has 1 aromatic rings. The molecule has 4 atom stereocenters. The molecule has 21 heavy (non-hydrogen) atoms. The topological polar surface area (TPSA) is 28.2 Å². The smallest absolute Gasteiger partial charge is 0.364 e. The molecule has 2 saturated carbocycles. The lowest BCUT2D eigenvalue weighted by Gasteiger charge is -2.47. The van der Waals surface area contributed by atoms with Gasteiger partial charge in [0.05, 0.1) is 10.6 Å². The second kappa shape index (κ2) is 4.04. The molecule has 114 valence electrons. The standard InChI is InChI=1S/C14H15ClF3N3/c1-21-6-8-3-13(8)4-10(11(13)21)20-12-9(15)2-7(5-19-12)14(16,17)18/h2,5,8,10-11H,3-4,6H2,1H3,(H,19,20). The third kappa shape index (κ3) is 1.88. The largest absolute Gasteiger partial charge is 0.417 e. The van der Waals surface area contributed by atoms with Gasteiger partial charge in [-0.15, -0.1) is 0 Å². The van der Waals surface area contributed by atoms with Crippen LogP contribution < -0.4 is 5.32 Å². The van der Waals surface area contributed by atoms with Gasteiger partial charge in [-0.25, -0.2) is 4.98 Å². The van der Waals surface area contributed by atoms with Crippen molar-refractivity contribution < 1.29 is 13.2 Å². The maximum Gasteiger partial charge on any atom is 0.417 e. The number of likely N-dealkylation sites (N-methyl/N-ethyl adjacent to an activating group) is 1. The molecule has 0 radical (unpaired) electrons. The van der Waals surface area contributed by atoms with E-state index < -0.39 is 11.7 Å². The predicted octanol–water partition coefficient (Wildman–Crippen LogP) is 3.26. The van der Waals surface area contributed by atoms with Crippen molar-refractivity contribution >= 4 is 17.4 Å². The Labute approximate surface area is 125 Å². The van der Waals surface area contributed by atoms with Crippen LogP contribution in [0.3, 0.4) is 0 Å². The third-order valence-electron chi connectivity index (χ3n) is 5.32. The molecule has 2 aliphatic carbocycles. The zero-order valence-electron chi connectivity index (χ0n) is 11.4. The summed E-state index contributed by atoms with van der Waals surface area (Å²) in [5.74, 6) is 1.16. The van der Waals surface area contributed by atoms with Gasteiger partial charge in [-0.1, -0.05) is 11.6 Å². The summed E-state index contributed by atoms with van der Waals surface area (Å²) in [6.45, 7) is 1.12. The molecule has 0 amide bonds. The van der Waals surface area contributed by atoms with E-state index in [2.05, 4.69) is 22.2 Å². The van der Waals surface area contributed by atoms with Crippen LogP contribution >= 0.6 is 11.6 Å². The molecule has 2 heterocycles. The van der Waals surface area contributed by atoms with Crippen LogP contribution in [0.1, 0.15) is 18.4 Å². The van der Waals surface area contributed by atoms with Crippen molar-refractivity contribution in [1.82, 2.24) is 9.88 Å². The molecule has 0 aromatic carbocycles. The zero-order valence-corrected chi connectivity index (χ0v) is 12.2. The van der Waals surface area contributed by atoms with Gasteiger partial charge in [0.2, 0.25) is 0 Å². The predicted molar refractivity (Wildman–Crippen MR) is 73.2 cm³/mol. The lowest BCUT2D eigenvalue weighted by Crippen LogP contribution is -2.57. The maximum absolute atomic E-state index is 12.6. The molecule has 7 heteroatoms. The highest BCUT2D eigenvalue weighted by atomic mass is 35.5. The Morgan fingerprint density at radius 2 is 2.19 bits per heavy atom. The first-order chi connectivity index (χ1) is 9.81. The first kappa shape index (κ1) is 13.6. The van der Waals surface area contributed by atoms with Crippen LogP contribution in [-0.2, 0) is 6.18 Å². The van der Waals surface area contributed by atoms with Crippen molar-refractivity contribution in [2.24, 2.45) is 11.3 Å². The molecule has 1 spiro atoms. The number of hydrogen-bond donors (Lipinski definition) is 1. The van der Waals surface area contributed by atoms with Gasteiger partial charge in [0.1, 0.15) is 5.82 Å². The lowest BCUT2D eigenvalue weighted by atomic mass is 9.71. The van der Waals surface area contributed by atoms with Crippen LogP contribution in [0, 0.1) is 11.3 Å². The number of pyridine rings is 1. The monoisotopic (exact) mass is 317 g/mol. The van der Waals surface area contributed by atoms with Crippen LogP contribution in [-0.4, -0.2) is 35.6 Å². The minimum Gasteiger partial charge on any atom is -0.364 e. The van der Waals surface area contributed by atoms with Crippen LogP contribution in [0.5, 0.6) is 0 Å². The fourth-order valence-electron chi connectivity index (χ4n) is 4.35. The van der Waals surface area contributed by atoms with Crippen molar-refractivity contribution in [1.29, 1.82) is 0 Å². The minimum absolute atomic E-state index is 0.0266. The van der Waals surface area contributed by atoms with E-state index in [0.29, 0.717) is 17.3 Å². The Morgan fingerprint density at radius 3 is 2.81 bits per heavy atom. The van der Waals surface area contributed by atoms with Gasteiger partial charge in [0.15, 0.2) is 0 Å². The molecule has 1 aliphatic heterocycles. The van der Waals surface area contributed by atoms with E-state index in [1.54, 1.807) is 0 Å². The van der Waals surface area contributed by atoms with Crippen molar-refractivity contribution in [2.45, 2.75) is 31.1 Å². The van der Waals surface area contributed by atoms with Crippen LogP contribution in [0.25, 0.3) is 0 Å². The van der Waals surface area contributed by atoms with E-state index in [0.717, 1.165) is 31.1 Å². The van der Waals surface area contributed by atoms with E-state index >= 15 is 0 Å². The van der Waals surface area contributed by atoms with Crippen molar-refractivity contribution in [3.63, 3.8) is 0 Å². The number of nitrogens with one attached hydrogen (secondary N) is 1. The van der Waals surface area contributed by atoms with E-state index in [4.69, 9.17) is 11.6 Å². The molecular weight excluding hydrogens is 303 g/mol. The highest BCUT2D eigenvalue weighted by molar-refractivity contribution is 6.33. The number of alkyl halides is 3. The summed E-state index contributed by atoms with van der Waals surface area (Å²) in [6.07, 6.45) is -1.23. The fourth-order valence-corrected chi connectivity index (χ4v) is 4.57. The molecule has 1 aromatic heterocycles. The van der Waals surface area contributed by atoms with Gasteiger partial charge in [-0.2, -0.15) is 13.2 Å². The molecule has 3 fully saturated rings. The van der Waals surface area contributed by atoms with E-state index in [9.17, 15) is 13.2 Å². The highest BCUT2D eigenvalue weighted by Crippen LogP contribution is 2.71. The van der Waals surface area contributed by atoms with Crippen molar-refractivity contribution in [3.05, 3.63) is 22.8 Å². The molecule has 3 nitrogen and oxygen atoms in total. The first-order valence-electron chi connectivity index (χ1n) is 7.01. The van der Waals surface area contributed by atoms with Gasteiger partial charge >= 0.3 is 6.18 Å². The summed E-state index contributed by atoms with van der Waals surface area (Å²) in [7, 11) is 2.11. The van der Waals surface area contributed by atoms with Gasteiger partial charge in [-0.05, 0) is 37.3 Å². The zero-order chi connectivity index (χ0) is 15.0. The second-order valence-electron chi connectivity index (χ2n) is 6.53. The molecular formula is C14H15ClF3N3. The Kier molecular flexibility index (Phi) is 2.63. The summed E-state index contributed by atoms with van der Waals surface area (Å²) in [5.41, 5.74) is -0.353. The van der Waals surface area contributed by atoms with Gasteiger partial charge in [0.25, 0.3) is 0 Å². The van der Waals surface area contributed by atoms with Crippen molar-refractivity contribution in [3.8, 4) is 0 Å². The Balaban J connectivity index is 1.51. The van der Waals surface area contributed by atoms with E-state index in [1.165, 1.54) is 6.42 Å². The summed E-state index contributed by atoms with van der Waals surface area (Å²) >= 11 is 5.95. The molecule has 4 rings (SSSR count). The Bertz CT molecular complexity index is 606. The summed E-state index contributed by atoms with van der Waals surface area (Å²) in [5, 5.41) is 3.25. The number of hydrogen-bond acceptors (Lipinski definition) is 3. The number of likely N-dealkylation sites (tertiary alicyclic amines) is 1. The Hall–Kier alpha value is -1.01. The number of aromatic nitrogens is 1. The lowest BCUT2D eigenvalue weighted by molar-refractivity contribution is -0.137. The normalized spacial score (nSPS) is 37.7. The quantitative estimate of drug-likeness (QED) is 0.907. The molecule has 1 saturated heterocycles. The molecule has 0 bridgehead atoms. The maximum atomic E-state index is 12.6.